The number of sulfonamides is 1. The van der Waals surface area contributed by atoms with Crippen LogP contribution in [0.4, 0.5) is 4.39 Å². The highest BCUT2D eigenvalue weighted by atomic mass is 32.2. The van der Waals surface area contributed by atoms with Crippen molar-refractivity contribution < 1.29 is 26.0 Å². The fraction of sp³-hybridized carbons (Fsp3) is 0.562. The first kappa shape index (κ1) is 19.2. The summed E-state index contributed by atoms with van der Waals surface area (Å²) in [6.07, 6.45) is 2.39. The number of halogens is 1. The maximum atomic E-state index is 13.4. The summed E-state index contributed by atoms with van der Waals surface area (Å²) in [4.78, 5) is 14.1. The summed E-state index contributed by atoms with van der Waals surface area (Å²) >= 11 is 0. The van der Waals surface area contributed by atoms with Gasteiger partial charge >= 0.3 is 0 Å². The Hall–Kier alpha value is -1.52. The Bertz CT molecular complexity index is 916. The third-order valence-corrected chi connectivity index (χ3v) is 8.45. The van der Waals surface area contributed by atoms with Crippen LogP contribution in [0.15, 0.2) is 29.2 Å². The van der Waals surface area contributed by atoms with Gasteiger partial charge in [0.1, 0.15) is 11.9 Å². The highest BCUT2D eigenvalue weighted by molar-refractivity contribution is 7.91. The molecule has 1 amide bonds. The number of likely N-dealkylation sites (tertiary alicyclic amines) is 1. The number of hydrogen-bond donors (Lipinski definition) is 0. The van der Waals surface area contributed by atoms with Crippen LogP contribution in [0.3, 0.4) is 0 Å². The van der Waals surface area contributed by atoms with Crippen molar-refractivity contribution in [3.8, 4) is 0 Å². The minimum Gasteiger partial charge on any atom is -0.340 e. The Morgan fingerprint density at radius 2 is 1.88 bits per heavy atom. The molecule has 0 aromatic heterocycles. The topological polar surface area (TPSA) is 91.8 Å². The summed E-state index contributed by atoms with van der Waals surface area (Å²) < 4.78 is 63.6. The molecule has 2 atom stereocenters. The van der Waals surface area contributed by atoms with Crippen LogP contribution in [-0.4, -0.2) is 69.1 Å². The lowest BCUT2D eigenvalue weighted by Gasteiger charge is -2.27. The van der Waals surface area contributed by atoms with E-state index in [1.165, 1.54) is 17.0 Å². The zero-order valence-corrected chi connectivity index (χ0v) is 16.0. The molecule has 3 rings (SSSR count). The predicted molar refractivity (Wildman–Crippen MR) is 93.1 cm³/mol. The van der Waals surface area contributed by atoms with Gasteiger partial charge in [0.15, 0.2) is 9.84 Å². The lowest BCUT2D eigenvalue weighted by molar-refractivity contribution is -0.133. The summed E-state index contributed by atoms with van der Waals surface area (Å²) in [7, 11) is -7.25. The molecule has 0 N–H and O–H groups in total. The van der Waals surface area contributed by atoms with Crippen molar-refractivity contribution >= 4 is 25.8 Å². The normalized spacial score (nSPS) is 24.9. The van der Waals surface area contributed by atoms with Gasteiger partial charge in [0.2, 0.25) is 15.9 Å². The Morgan fingerprint density at radius 3 is 2.50 bits per heavy atom. The molecule has 2 saturated heterocycles. The number of amides is 1. The molecule has 144 valence electrons. The molecule has 0 bridgehead atoms. The van der Waals surface area contributed by atoms with E-state index in [1.54, 1.807) is 0 Å². The fourth-order valence-electron chi connectivity index (χ4n) is 3.53. The van der Waals surface area contributed by atoms with E-state index in [9.17, 15) is 26.0 Å². The summed E-state index contributed by atoms with van der Waals surface area (Å²) in [6.45, 7) is 0.557. The van der Waals surface area contributed by atoms with Crippen LogP contribution >= 0.6 is 0 Å². The second kappa shape index (κ2) is 6.90. The maximum Gasteiger partial charge on any atom is 0.243 e. The van der Waals surface area contributed by atoms with E-state index in [4.69, 9.17) is 0 Å². The summed E-state index contributed by atoms with van der Waals surface area (Å²) in [5.41, 5.74) is 0. The Balaban J connectivity index is 1.81. The summed E-state index contributed by atoms with van der Waals surface area (Å²) in [5.74, 6) is -1.04. The Kier molecular flexibility index (Phi) is 5.11. The van der Waals surface area contributed by atoms with Crippen molar-refractivity contribution in [2.45, 2.75) is 35.4 Å². The van der Waals surface area contributed by atoms with Crippen LogP contribution in [0, 0.1) is 5.82 Å². The summed E-state index contributed by atoms with van der Waals surface area (Å²) in [5, 5.41) is -0.610. The average molecular weight is 404 g/mol. The van der Waals surface area contributed by atoms with Crippen LogP contribution in [0.5, 0.6) is 0 Å². The van der Waals surface area contributed by atoms with Gasteiger partial charge in [0.25, 0.3) is 0 Å². The zero-order chi connectivity index (χ0) is 19.1. The molecule has 2 fully saturated rings. The minimum absolute atomic E-state index is 0.0853. The van der Waals surface area contributed by atoms with Crippen LogP contribution < -0.4 is 0 Å². The number of carbonyl (C=O) groups excluding carboxylic acids is 1. The Morgan fingerprint density at radius 1 is 1.15 bits per heavy atom. The first-order valence-electron chi connectivity index (χ1n) is 8.36. The quantitative estimate of drug-likeness (QED) is 0.734. The number of sulfone groups is 1. The number of benzene rings is 1. The standard InChI is InChI=1S/C16H21FN2O5S2/c1-25(21,22)14-7-9-18(11-14)16(20)15-6-3-8-19(15)26(23,24)13-5-2-4-12(17)10-13/h2,4-5,10,14-15H,3,6-9,11H2,1H3. The van der Waals surface area contributed by atoms with E-state index in [0.29, 0.717) is 25.8 Å². The minimum atomic E-state index is -4.00. The zero-order valence-electron chi connectivity index (χ0n) is 14.3. The van der Waals surface area contributed by atoms with E-state index in [2.05, 4.69) is 0 Å². The molecular formula is C16H21FN2O5S2. The third kappa shape index (κ3) is 3.63. The third-order valence-electron chi connectivity index (χ3n) is 4.95. The van der Waals surface area contributed by atoms with E-state index in [-0.39, 0.29) is 23.9 Å². The van der Waals surface area contributed by atoms with Gasteiger partial charge in [0, 0.05) is 25.9 Å². The van der Waals surface area contributed by atoms with Gasteiger partial charge < -0.3 is 4.90 Å². The number of hydrogen-bond acceptors (Lipinski definition) is 5. The van der Waals surface area contributed by atoms with Crippen molar-refractivity contribution in [2.75, 3.05) is 25.9 Å². The Labute approximate surface area is 152 Å². The average Bonchev–Trinajstić information content (AvgIpc) is 3.23. The van der Waals surface area contributed by atoms with Gasteiger partial charge in [-0.25, -0.2) is 21.2 Å². The van der Waals surface area contributed by atoms with Crippen molar-refractivity contribution in [1.82, 2.24) is 9.21 Å². The van der Waals surface area contributed by atoms with Gasteiger partial charge in [-0.2, -0.15) is 4.31 Å². The monoisotopic (exact) mass is 404 g/mol. The van der Waals surface area contributed by atoms with Crippen LogP contribution in [-0.2, 0) is 24.7 Å². The molecule has 1 aromatic carbocycles. The van der Waals surface area contributed by atoms with Crippen LogP contribution in [0.2, 0.25) is 0 Å². The molecule has 0 spiro atoms. The number of nitrogens with zero attached hydrogens (tertiary/aromatic N) is 2. The molecule has 7 nitrogen and oxygen atoms in total. The van der Waals surface area contributed by atoms with E-state index in [1.807, 2.05) is 0 Å². The smallest absolute Gasteiger partial charge is 0.243 e. The van der Waals surface area contributed by atoms with Crippen molar-refractivity contribution in [2.24, 2.45) is 0 Å². The largest absolute Gasteiger partial charge is 0.340 e. The second-order valence-electron chi connectivity index (χ2n) is 6.76. The fourth-order valence-corrected chi connectivity index (χ4v) is 6.19. The first-order valence-corrected chi connectivity index (χ1v) is 11.8. The molecule has 2 aliphatic heterocycles. The molecule has 2 heterocycles. The molecule has 10 heteroatoms. The van der Waals surface area contributed by atoms with Crippen molar-refractivity contribution in [3.63, 3.8) is 0 Å². The van der Waals surface area contributed by atoms with Gasteiger partial charge in [0.05, 0.1) is 10.1 Å². The van der Waals surface area contributed by atoms with Gasteiger partial charge in [-0.05, 0) is 37.5 Å². The molecule has 0 saturated carbocycles. The van der Waals surface area contributed by atoms with E-state index >= 15 is 0 Å². The number of carbonyl (C=O) groups is 1. The SMILES string of the molecule is CS(=O)(=O)C1CCN(C(=O)C2CCCN2S(=O)(=O)c2cccc(F)c2)C1. The first-order chi connectivity index (χ1) is 12.1. The second-order valence-corrected chi connectivity index (χ2v) is 11.0. The van der Waals surface area contributed by atoms with Crippen molar-refractivity contribution in [3.05, 3.63) is 30.1 Å². The number of rotatable bonds is 4. The van der Waals surface area contributed by atoms with Crippen LogP contribution in [0.25, 0.3) is 0 Å². The highest BCUT2D eigenvalue weighted by Gasteiger charge is 2.43. The van der Waals surface area contributed by atoms with Gasteiger partial charge in [-0.15, -0.1) is 0 Å². The van der Waals surface area contributed by atoms with Gasteiger partial charge in [-0.1, -0.05) is 6.07 Å². The summed E-state index contributed by atoms with van der Waals surface area (Å²) in [6, 6.07) is 3.83. The van der Waals surface area contributed by atoms with E-state index < -0.39 is 37.0 Å². The lowest BCUT2D eigenvalue weighted by atomic mass is 10.2. The molecular weight excluding hydrogens is 383 g/mol. The molecule has 26 heavy (non-hydrogen) atoms. The molecule has 0 radical (unpaired) electrons. The highest BCUT2D eigenvalue weighted by Crippen LogP contribution is 2.29. The van der Waals surface area contributed by atoms with Crippen molar-refractivity contribution in [1.29, 1.82) is 0 Å². The lowest BCUT2D eigenvalue weighted by Crippen LogP contribution is -2.47. The predicted octanol–water partition coefficient (Wildman–Crippen LogP) is 0.624. The van der Waals surface area contributed by atoms with Gasteiger partial charge in [-0.3, -0.25) is 4.79 Å². The van der Waals surface area contributed by atoms with Crippen LogP contribution in [0.1, 0.15) is 19.3 Å². The maximum absolute atomic E-state index is 13.4. The van der Waals surface area contributed by atoms with E-state index in [0.717, 1.165) is 22.7 Å². The molecule has 2 aliphatic rings. The molecule has 1 aromatic rings. The molecule has 0 aliphatic carbocycles. The molecule has 2 unspecified atom stereocenters.